The van der Waals surface area contributed by atoms with Gasteiger partial charge in [0.2, 0.25) is 0 Å². The quantitative estimate of drug-likeness (QED) is 0.571. The molecule has 0 atom stereocenters. The zero-order valence-corrected chi connectivity index (χ0v) is 17.2. The number of nitrogens with zero attached hydrogens (tertiary/aromatic N) is 1. The van der Waals surface area contributed by atoms with Gasteiger partial charge in [0.05, 0.1) is 18.8 Å². The van der Waals surface area contributed by atoms with Crippen LogP contribution in [-0.2, 0) is 10.2 Å². The lowest BCUT2D eigenvalue weighted by Gasteiger charge is -2.18. The molecule has 29 heavy (non-hydrogen) atoms. The fourth-order valence-corrected chi connectivity index (χ4v) is 2.53. The third kappa shape index (κ3) is 6.07. The van der Waals surface area contributed by atoms with Gasteiger partial charge in [0.15, 0.2) is 11.5 Å². The summed E-state index contributed by atoms with van der Waals surface area (Å²) in [7, 11) is 1.44. The normalized spacial score (nSPS) is 11.7. The van der Waals surface area contributed by atoms with Crippen molar-refractivity contribution in [3.8, 4) is 11.5 Å². The first-order chi connectivity index (χ1) is 13.6. The molecule has 0 saturated carbocycles. The molecule has 0 bridgehead atoms. The third-order valence-electron chi connectivity index (χ3n) is 4.27. The van der Waals surface area contributed by atoms with Crippen LogP contribution in [0.3, 0.4) is 0 Å². The van der Waals surface area contributed by atoms with Crippen LogP contribution in [0.5, 0.6) is 11.5 Å². The number of hydrogen-bond acceptors (Lipinski definition) is 6. The Labute approximate surface area is 170 Å². The number of aliphatic carboxylic acids is 1. The first kappa shape index (κ1) is 21.9. The molecule has 0 aromatic heterocycles. The van der Waals surface area contributed by atoms with Crippen LogP contribution < -0.4 is 20.0 Å². The van der Waals surface area contributed by atoms with E-state index in [1.165, 1.54) is 7.11 Å². The van der Waals surface area contributed by atoms with Gasteiger partial charge in [-0.15, -0.1) is 0 Å². The van der Waals surface area contributed by atoms with E-state index in [4.69, 9.17) is 9.47 Å². The summed E-state index contributed by atoms with van der Waals surface area (Å²) in [5.74, 6) is -1.02. The van der Waals surface area contributed by atoms with Crippen LogP contribution in [0.2, 0.25) is 0 Å². The lowest BCUT2D eigenvalue weighted by atomic mass is 9.87. The Morgan fingerprint density at radius 2 is 1.66 bits per heavy atom. The van der Waals surface area contributed by atoms with Crippen molar-refractivity contribution in [2.24, 2.45) is 5.10 Å². The van der Waals surface area contributed by atoms with Crippen molar-refractivity contribution in [1.82, 2.24) is 5.43 Å². The number of carbonyl (C=O) groups is 2. The van der Waals surface area contributed by atoms with Crippen molar-refractivity contribution in [3.63, 3.8) is 0 Å². The summed E-state index contributed by atoms with van der Waals surface area (Å²) in [6.07, 6.45) is 0. The molecule has 1 N–H and O–H groups in total. The van der Waals surface area contributed by atoms with Crippen LogP contribution in [0.15, 0.2) is 47.6 Å². The fourth-order valence-electron chi connectivity index (χ4n) is 2.53. The molecular weight excluding hydrogens is 372 g/mol. The van der Waals surface area contributed by atoms with Crippen molar-refractivity contribution in [1.29, 1.82) is 0 Å². The highest BCUT2D eigenvalue weighted by Crippen LogP contribution is 2.28. The minimum Gasteiger partial charge on any atom is -0.546 e. The number of carboxylic acids is 1. The van der Waals surface area contributed by atoms with Crippen LogP contribution in [0, 0.1) is 0 Å². The minimum absolute atomic E-state index is 0.0135. The maximum Gasteiger partial charge on any atom is 0.271 e. The minimum atomic E-state index is -1.33. The van der Waals surface area contributed by atoms with Gasteiger partial charge < -0.3 is 19.4 Å². The Kier molecular flexibility index (Phi) is 6.98. The molecule has 1 amide bonds. The molecule has 0 fully saturated rings. The highest BCUT2D eigenvalue weighted by molar-refractivity contribution is 6.01. The number of hydrogen-bond donors (Lipinski definition) is 1. The lowest BCUT2D eigenvalue weighted by Crippen LogP contribution is -2.29. The second-order valence-electron chi connectivity index (χ2n) is 7.49. The fraction of sp³-hybridized carbons (Fsp3) is 0.318. The smallest absolute Gasteiger partial charge is 0.271 e. The first-order valence-corrected chi connectivity index (χ1v) is 9.08. The van der Waals surface area contributed by atoms with Crippen LogP contribution in [0.1, 0.15) is 49.2 Å². The molecule has 154 valence electrons. The van der Waals surface area contributed by atoms with Gasteiger partial charge in [-0.25, -0.2) is 5.43 Å². The average Bonchev–Trinajstić information content (AvgIpc) is 2.69. The Morgan fingerprint density at radius 3 is 2.21 bits per heavy atom. The molecule has 2 rings (SSSR count). The van der Waals surface area contributed by atoms with Gasteiger partial charge in [-0.3, -0.25) is 4.79 Å². The summed E-state index contributed by atoms with van der Waals surface area (Å²) in [6.45, 7) is 7.49. The monoisotopic (exact) mass is 397 g/mol. The zero-order valence-electron chi connectivity index (χ0n) is 17.2. The summed E-state index contributed by atoms with van der Waals surface area (Å²) in [4.78, 5) is 22.9. The average molecular weight is 397 g/mol. The van der Waals surface area contributed by atoms with E-state index in [1.54, 1.807) is 37.3 Å². The van der Waals surface area contributed by atoms with E-state index in [2.05, 4.69) is 31.3 Å². The molecule has 0 aliphatic rings. The number of carbonyl (C=O) groups excluding carboxylic acids is 2. The molecular formula is C22H25N2O5-. The summed E-state index contributed by atoms with van der Waals surface area (Å²) in [5, 5.41) is 14.7. The second kappa shape index (κ2) is 9.23. The molecule has 0 radical (unpaired) electrons. The Balaban J connectivity index is 2.10. The zero-order chi connectivity index (χ0) is 21.6. The predicted molar refractivity (Wildman–Crippen MR) is 108 cm³/mol. The maximum absolute atomic E-state index is 12.3. The maximum atomic E-state index is 12.3. The van der Waals surface area contributed by atoms with E-state index in [9.17, 15) is 14.7 Å². The Bertz CT molecular complexity index is 912. The summed E-state index contributed by atoms with van der Waals surface area (Å²) in [5.41, 5.74) is 5.44. The standard InChI is InChI=1S/C22H26N2O5/c1-14(16-8-11-18(19(12-16)28-5)29-13-20(25)26)23-24-21(27)15-6-9-17(10-7-15)22(2,3)4/h6-12H,13H2,1-5H3,(H,24,27)(H,25,26)/p-1/b23-14-. The van der Waals surface area contributed by atoms with Gasteiger partial charge in [0, 0.05) is 11.1 Å². The number of ether oxygens (including phenoxy) is 2. The lowest BCUT2D eigenvalue weighted by molar-refractivity contribution is -0.307. The number of hydrazone groups is 1. The van der Waals surface area contributed by atoms with Crippen molar-refractivity contribution in [3.05, 3.63) is 59.2 Å². The largest absolute Gasteiger partial charge is 0.546 e. The van der Waals surface area contributed by atoms with Crippen LogP contribution in [0.25, 0.3) is 0 Å². The summed E-state index contributed by atoms with van der Waals surface area (Å²) < 4.78 is 10.3. The van der Waals surface area contributed by atoms with Gasteiger partial charge >= 0.3 is 0 Å². The van der Waals surface area contributed by atoms with Gasteiger partial charge in [-0.2, -0.15) is 5.10 Å². The van der Waals surface area contributed by atoms with Crippen LogP contribution in [0.4, 0.5) is 0 Å². The Hall–Kier alpha value is -3.35. The first-order valence-electron chi connectivity index (χ1n) is 9.08. The van der Waals surface area contributed by atoms with E-state index in [-0.39, 0.29) is 17.1 Å². The number of rotatable bonds is 7. The van der Waals surface area contributed by atoms with E-state index in [0.717, 1.165) is 5.56 Å². The molecule has 7 nitrogen and oxygen atoms in total. The molecule has 0 saturated heterocycles. The summed E-state index contributed by atoms with van der Waals surface area (Å²) >= 11 is 0. The van der Waals surface area contributed by atoms with E-state index < -0.39 is 12.6 Å². The molecule has 0 spiro atoms. The van der Waals surface area contributed by atoms with Gasteiger partial charge in [0.25, 0.3) is 5.91 Å². The molecule has 0 aliphatic heterocycles. The SMILES string of the molecule is COc1cc(/C(C)=N\NC(=O)c2ccc(C(C)(C)C)cc2)ccc1OCC(=O)[O-]. The molecule has 7 heteroatoms. The highest BCUT2D eigenvalue weighted by Gasteiger charge is 2.14. The number of benzene rings is 2. The van der Waals surface area contributed by atoms with E-state index in [1.807, 2.05) is 12.1 Å². The number of carboxylic acid groups (broad SMARTS) is 1. The van der Waals surface area contributed by atoms with Crippen molar-refractivity contribution >= 4 is 17.6 Å². The van der Waals surface area contributed by atoms with Gasteiger partial charge in [-0.1, -0.05) is 32.9 Å². The number of methoxy groups -OCH3 is 1. The molecule has 2 aromatic carbocycles. The molecule has 0 heterocycles. The number of nitrogens with one attached hydrogen (secondary N) is 1. The van der Waals surface area contributed by atoms with Gasteiger partial charge in [-0.05, 0) is 48.2 Å². The van der Waals surface area contributed by atoms with Crippen molar-refractivity contribution in [2.75, 3.05) is 13.7 Å². The second-order valence-corrected chi connectivity index (χ2v) is 7.49. The highest BCUT2D eigenvalue weighted by atomic mass is 16.5. The molecule has 0 unspecified atom stereocenters. The summed E-state index contributed by atoms with van der Waals surface area (Å²) in [6, 6.07) is 12.3. The van der Waals surface area contributed by atoms with Gasteiger partial charge in [0.1, 0.15) is 6.61 Å². The number of amides is 1. The predicted octanol–water partition coefficient (Wildman–Crippen LogP) is 2.28. The molecule has 2 aromatic rings. The topological polar surface area (TPSA) is 100 Å². The van der Waals surface area contributed by atoms with Crippen LogP contribution >= 0.6 is 0 Å². The molecule has 0 aliphatic carbocycles. The third-order valence-corrected chi connectivity index (χ3v) is 4.27. The van der Waals surface area contributed by atoms with Crippen molar-refractivity contribution in [2.45, 2.75) is 33.1 Å². The van der Waals surface area contributed by atoms with E-state index in [0.29, 0.717) is 22.6 Å². The van der Waals surface area contributed by atoms with Crippen molar-refractivity contribution < 1.29 is 24.2 Å². The van der Waals surface area contributed by atoms with E-state index >= 15 is 0 Å². The van der Waals surface area contributed by atoms with Crippen LogP contribution in [-0.4, -0.2) is 31.3 Å². The Morgan fingerprint density at radius 1 is 1.03 bits per heavy atom.